The summed E-state index contributed by atoms with van der Waals surface area (Å²) in [6.45, 7) is 0.696. The fourth-order valence-electron chi connectivity index (χ4n) is 3.37. The van der Waals surface area contributed by atoms with Gasteiger partial charge in [-0.2, -0.15) is 5.10 Å². The zero-order valence-corrected chi connectivity index (χ0v) is 16.8. The third-order valence-corrected chi connectivity index (χ3v) is 5.47. The molecule has 6 nitrogen and oxygen atoms in total. The molecule has 1 heterocycles. The number of rotatable bonds is 7. The van der Waals surface area contributed by atoms with E-state index >= 15 is 0 Å². The molecule has 4 rings (SSSR count). The average molecular weight is 442 g/mol. The van der Waals surface area contributed by atoms with Crippen LogP contribution in [0.25, 0.3) is 0 Å². The first-order valence-corrected chi connectivity index (χ1v) is 9.97. The van der Waals surface area contributed by atoms with Gasteiger partial charge in [0.2, 0.25) is 0 Å². The average Bonchev–Trinajstić information content (AvgIpc) is 3.49. The quantitative estimate of drug-likeness (QED) is 0.564. The summed E-state index contributed by atoms with van der Waals surface area (Å²) in [6.07, 6.45) is 1.01. The molecule has 1 saturated carbocycles. The Hall–Kier alpha value is -2.51. The van der Waals surface area contributed by atoms with Crippen molar-refractivity contribution in [3.05, 3.63) is 97.2 Å². The summed E-state index contributed by atoms with van der Waals surface area (Å²) in [5.74, 6) is 0.777. The van der Waals surface area contributed by atoms with Crippen molar-refractivity contribution in [3.8, 4) is 0 Å². The first-order chi connectivity index (χ1) is 13.6. The van der Waals surface area contributed by atoms with Crippen LogP contribution in [0.15, 0.2) is 74.9 Å². The van der Waals surface area contributed by atoms with Crippen molar-refractivity contribution >= 4 is 15.9 Å². The van der Waals surface area contributed by atoms with Gasteiger partial charge in [-0.25, -0.2) is 14.0 Å². The molecule has 1 aliphatic rings. The van der Waals surface area contributed by atoms with Crippen LogP contribution in [-0.2, 0) is 24.6 Å². The second-order valence-electron chi connectivity index (χ2n) is 6.96. The van der Waals surface area contributed by atoms with Crippen molar-refractivity contribution < 1.29 is 4.74 Å². The number of hydrogen-bond acceptors (Lipinski definition) is 4. The molecule has 0 N–H and O–H groups in total. The number of benzene rings is 2. The smallest absolute Gasteiger partial charge is 0.349 e. The fraction of sp³-hybridized carbons (Fsp3) is 0.286. The number of aromatic nitrogens is 3. The molecule has 2 aromatic carbocycles. The Morgan fingerprint density at radius 2 is 1.71 bits per heavy atom. The summed E-state index contributed by atoms with van der Waals surface area (Å²) < 4.78 is 8.16. The third kappa shape index (κ3) is 4.15. The van der Waals surface area contributed by atoms with Crippen LogP contribution in [0.3, 0.4) is 0 Å². The van der Waals surface area contributed by atoms with Gasteiger partial charge >= 0.3 is 5.69 Å². The highest BCUT2D eigenvalue weighted by molar-refractivity contribution is 9.10. The van der Waals surface area contributed by atoms with E-state index in [1.165, 1.54) is 10.2 Å². The van der Waals surface area contributed by atoms with Gasteiger partial charge in [-0.3, -0.25) is 4.79 Å². The molecule has 0 saturated heterocycles. The molecule has 7 heteroatoms. The lowest BCUT2D eigenvalue weighted by Crippen LogP contribution is -2.42. The second kappa shape index (κ2) is 8.24. The largest absolute Gasteiger partial charge is 0.356 e. The van der Waals surface area contributed by atoms with E-state index in [4.69, 9.17) is 4.74 Å². The van der Waals surface area contributed by atoms with Gasteiger partial charge in [0.25, 0.3) is 5.56 Å². The summed E-state index contributed by atoms with van der Waals surface area (Å²) in [4.78, 5) is 25.1. The summed E-state index contributed by atoms with van der Waals surface area (Å²) in [7, 11) is 0. The summed E-state index contributed by atoms with van der Waals surface area (Å²) >= 11 is 3.18. The van der Waals surface area contributed by atoms with Crippen LogP contribution >= 0.6 is 15.9 Å². The predicted octanol–water partition coefficient (Wildman–Crippen LogP) is 3.15. The first-order valence-electron chi connectivity index (χ1n) is 9.17. The van der Waals surface area contributed by atoms with E-state index in [1.807, 2.05) is 48.5 Å². The Morgan fingerprint density at radius 3 is 2.43 bits per heavy atom. The number of halogens is 1. The van der Waals surface area contributed by atoms with E-state index in [9.17, 15) is 9.59 Å². The molecule has 144 valence electrons. The van der Waals surface area contributed by atoms with Gasteiger partial charge in [-0.15, -0.1) is 0 Å². The normalized spacial score (nSPS) is 18.2. The van der Waals surface area contributed by atoms with Gasteiger partial charge in [0.05, 0.1) is 6.61 Å². The zero-order chi connectivity index (χ0) is 19.5. The molecule has 3 aromatic rings. The van der Waals surface area contributed by atoms with Crippen molar-refractivity contribution in [2.45, 2.75) is 32.2 Å². The Kier molecular flexibility index (Phi) is 5.54. The minimum absolute atomic E-state index is 0.111. The Labute approximate surface area is 170 Å². The van der Waals surface area contributed by atoms with Crippen molar-refractivity contribution in [1.29, 1.82) is 0 Å². The van der Waals surface area contributed by atoms with Gasteiger partial charge in [0.1, 0.15) is 6.73 Å². The van der Waals surface area contributed by atoms with Crippen LogP contribution in [0.1, 0.15) is 23.5 Å². The van der Waals surface area contributed by atoms with Crippen LogP contribution in [0, 0.1) is 5.92 Å². The highest BCUT2D eigenvalue weighted by Gasteiger charge is 2.39. The minimum atomic E-state index is -0.482. The number of nitrogens with zero attached hydrogens (tertiary/aromatic N) is 3. The standard InChI is InChI=1S/C21H20BrN3O3/c22-19-20(26)24(14-28-13-15-7-3-1-4-8-15)21(27)25(23-19)12-17-11-18(17)16-9-5-2-6-10-16/h1-10,17-18H,11-14H2/t17-,18-/m0/s1. The molecular weight excluding hydrogens is 422 g/mol. The van der Waals surface area contributed by atoms with E-state index in [1.54, 1.807) is 0 Å². The molecule has 0 amide bonds. The Morgan fingerprint density at radius 1 is 1.04 bits per heavy atom. The van der Waals surface area contributed by atoms with Crippen LogP contribution in [0.5, 0.6) is 0 Å². The second-order valence-corrected chi connectivity index (χ2v) is 7.72. The van der Waals surface area contributed by atoms with E-state index in [-0.39, 0.29) is 11.3 Å². The molecular formula is C21H20BrN3O3. The third-order valence-electron chi connectivity index (χ3n) is 4.97. The minimum Gasteiger partial charge on any atom is -0.356 e. The van der Waals surface area contributed by atoms with E-state index in [0.717, 1.165) is 16.6 Å². The molecule has 0 radical (unpaired) electrons. The number of ether oxygens (including phenoxy) is 1. The molecule has 0 aliphatic heterocycles. The highest BCUT2D eigenvalue weighted by Crippen LogP contribution is 2.47. The topological polar surface area (TPSA) is 66.1 Å². The van der Waals surface area contributed by atoms with Crippen LogP contribution < -0.4 is 11.2 Å². The molecule has 1 fully saturated rings. The van der Waals surface area contributed by atoms with Crippen molar-refractivity contribution in [1.82, 2.24) is 14.3 Å². The van der Waals surface area contributed by atoms with Gasteiger partial charge in [-0.1, -0.05) is 60.7 Å². The molecule has 0 spiro atoms. The highest BCUT2D eigenvalue weighted by atomic mass is 79.9. The maximum absolute atomic E-state index is 12.8. The monoisotopic (exact) mass is 441 g/mol. The molecule has 1 aliphatic carbocycles. The van der Waals surface area contributed by atoms with Crippen molar-refractivity contribution in [2.75, 3.05) is 0 Å². The van der Waals surface area contributed by atoms with Crippen molar-refractivity contribution in [2.24, 2.45) is 5.92 Å². The van der Waals surface area contributed by atoms with Crippen LogP contribution in [-0.4, -0.2) is 14.3 Å². The van der Waals surface area contributed by atoms with E-state index in [0.29, 0.717) is 25.0 Å². The Balaban J connectivity index is 1.47. The molecule has 1 aromatic heterocycles. The summed E-state index contributed by atoms with van der Waals surface area (Å²) in [5.41, 5.74) is 1.33. The predicted molar refractivity (Wildman–Crippen MR) is 109 cm³/mol. The maximum atomic E-state index is 12.8. The van der Waals surface area contributed by atoms with Crippen LogP contribution in [0.4, 0.5) is 0 Å². The fourth-order valence-corrected chi connectivity index (χ4v) is 3.78. The Bertz CT molecular complexity index is 1060. The molecule has 2 atom stereocenters. The SMILES string of the molecule is O=c1c(Br)nn(C[C@@H]2C[C@H]2c2ccccc2)c(=O)n1COCc1ccccc1. The van der Waals surface area contributed by atoms with E-state index < -0.39 is 11.2 Å². The molecule has 0 bridgehead atoms. The van der Waals surface area contributed by atoms with E-state index in [2.05, 4.69) is 33.2 Å². The van der Waals surface area contributed by atoms with Gasteiger partial charge in [-0.05, 0) is 45.3 Å². The maximum Gasteiger partial charge on any atom is 0.349 e. The summed E-state index contributed by atoms with van der Waals surface area (Å²) in [5, 5.41) is 4.14. The lowest BCUT2D eigenvalue weighted by atomic mass is 10.1. The van der Waals surface area contributed by atoms with Crippen molar-refractivity contribution in [3.63, 3.8) is 0 Å². The first kappa shape index (κ1) is 18.8. The number of hydrogen-bond donors (Lipinski definition) is 0. The lowest BCUT2D eigenvalue weighted by molar-refractivity contribution is 0.0567. The van der Waals surface area contributed by atoms with Gasteiger partial charge in [0, 0.05) is 6.54 Å². The molecule has 0 unspecified atom stereocenters. The van der Waals surface area contributed by atoms with Crippen LogP contribution in [0.2, 0.25) is 0 Å². The van der Waals surface area contributed by atoms with Gasteiger partial charge < -0.3 is 4.74 Å². The lowest BCUT2D eigenvalue weighted by Gasteiger charge is -2.11. The zero-order valence-electron chi connectivity index (χ0n) is 15.2. The summed E-state index contributed by atoms with van der Waals surface area (Å²) in [6, 6.07) is 19.9. The molecule has 28 heavy (non-hydrogen) atoms. The van der Waals surface area contributed by atoms with Gasteiger partial charge in [0.15, 0.2) is 4.60 Å².